The van der Waals surface area contributed by atoms with E-state index in [0.717, 1.165) is 109 Å². The number of esters is 3. The topological polar surface area (TPSA) is 78.9 Å². The molecule has 480 valence electrons. The Kier molecular flexibility index (Phi) is 68.2. The molecule has 0 aromatic rings. The SMILES string of the molecule is CC/C=C\C/C=C\C/C=C\C/C=C\CCCCCCCCC(=O)OC(COC(=O)CCCCCCCCCCCCCCCC/C=C\C/C=C\C/C=C\CCCCCCC)COC(=O)CCCCCCCCCCCCCCCCCCC. The number of carbonyl (C=O) groups is 3. The van der Waals surface area contributed by atoms with Gasteiger partial charge in [0.15, 0.2) is 6.10 Å². The summed E-state index contributed by atoms with van der Waals surface area (Å²) in [5.41, 5.74) is 0. The van der Waals surface area contributed by atoms with E-state index in [1.807, 2.05) is 0 Å². The Labute approximate surface area is 515 Å². The van der Waals surface area contributed by atoms with Gasteiger partial charge >= 0.3 is 17.9 Å². The molecular formula is C77H136O6. The van der Waals surface area contributed by atoms with Crippen LogP contribution in [0, 0.1) is 0 Å². The predicted molar refractivity (Wildman–Crippen MR) is 362 cm³/mol. The fourth-order valence-corrected chi connectivity index (χ4v) is 10.5. The highest BCUT2D eigenvalue weighted by molar-refractivity contribution is 5.71. The van der Waals surface area contributed by atoms with Gasteiger partial charge in [-0.25, -0.2) is 0 Å². The molecule has 0 aromatic heterocycles. The largest absolute Gasteiger partial charge is 0.462 e. The van der Waals surface area contributed by atoms with Crippen molar-refractivity contribution in [2.75, 3.05) is 13.2 Å². The molecule has 0 N–H and O–H groups in total. The Morgan fingerprint density at radius 1 is 0.253 bits per heavy atom. The third-order valence-corrected chi connectivity index (χ3v) is 15.9. The lowest BCUT2D eigenvalue weighted by Crippen LogP contribution is -2.30. The summed E-state index contributed by atoms with van der Waals surface area (Å²) in [6.45, 7) is 6.56. The zero-order valence-corrected chi connectivity index (χ0v) is 55.2. The van der Waals surface area contributed by atoms with Gasteiger partial charge in [-0.1, -0.05) is 337 Å². The quantitative estimate of drug-likeness (QED) is 0.0261. The monoisotopic (exact) mass is 1160 g/mol. The van der Waals surface area contributed by atoms with Gasteiger partial charge in [0.25, 0.3) is 0 Å². The minimum Gasteiger partial charge on any atom is -0.462 e. The van der Waals surface area contributed by atoms with Gasteiger partial charge in [0.2, 0.25) is 0 Å². The lowest BCUT2D eigenvalue weighted by Gasteiger charge is -2.18. The summed E-state index contributed by atoms with van der Waals surface area (Å²) >= 11 is 0. The molecule has 0 bridgehead atoms. The molecular weight excluding hydrogens is 1020 g/mol. The minimum absolute atomic E-state index is 0.0785. The van der Waals surface area contributed by atoms with Crippen LogP contribution in [0.5, 0.6) is 0 Å². The van der Waals surface area contributed by atoms with Crippen molar-refractivity contribution in [3.8, 4) is 0 Å². The Morgan fingerprint density at radius 3 is 0.735 bits per heavy atom. The standard InChI is InChI=1S/C77H136O6/c1-4-7-10-13-16-19-22-25-28-31-33-34-35-36-37-38-39-40-41-42-44-46-49-52-55-58-61-64-67-70-76(79)82-73-74(72-81-75(78)69-66-63-60-57-54-51-48-45-30-27-24-21-18-15-12-9-6-3)83-77(80)71-68-65-62-59-56-53-50-47-43-32-29-26-23-20-17-14-11-8-5-2/h8,11,17,20,22,25-26,29,31,33,35-36,43,47,74H,4-7,9-10,12-16,18-19,21,23-24,27-28,30,32,34,37-42,44-46,48-73H2,1-3H3/b11-8-,20-17-,25-22-,29-26-,33-31-,36-35-,47-43-. The second-order valence-electron chi connectivity index (χ2n) is 24.1. The van der Waals surface area contributed by atoms with Crippen LogP contribution in [0.3, 0.4) is 0 Å². The van der Waals surface area contributed by atoms with Crippen LogP contribution >= 0.6 is 0 Å². The zero-order valence-electron chi connectivity index (χ0n) is 55.2. The van der Waals surface area contributed by atoms with Crippen molar-refractivity contribution in [1.29, 1.82) is 0 Å². The van der Waals surface area contributed by atoms with Crippen LogP contribution in [0.4, 0.5) is 0 Å². The van der Waals surface area contributed by atoms with E-state index >= 15 is 0 Å². The highest BCUT2D eigenvalue weighted by atomic mass is 16.6. The highest BCUT2D eigenvalue weighted by Crippen LogP contribution is 2.18. The molecule has 0 heterocycles. The number of carbonyl (C=O) groups excluding carboxylic acids is 3. The molecule has 0 spiro atoms. The third kappa shape index (κ3) is 69.3. The third-order valence-electron chi connectivity index (χ3n) is 15.9. The molecule has 0 aliphatic carbocycles. The van der Waals surface area contributed by atoms with Crippen LogP contribution in [0.1, 0.15) is 367 Å². The minimum atomic E-state index is -0.785. The number of allylic oxidation sites excluding steroid dienone is 14. The number of hydrogen-bond acceptors (Lipinski definition) is 6. The van der Waals surface area contributed by atoms with Crippen LogP contribution in [0.2, 0.25) is 0 Å². The fourth-order valence-electron chi connectivity index (χ4n) is 10.5. The Bertz CT molecular complexity index is 1570. The van der Waals surface area contributed by atoms with Crippen molar-refractivity contribution < 1.29 is 28.6 Å². The molecule has 0 amide bonds. The van der Waals surface area contributed by atoms with Gasteiger partial charge in [0.1, 0.15) is 13.2 Å². The Balaban J connectivity index is 4.30. The number of hydrogen-bond donors (Lipinski definition) is 0. The van der Waals surface area contributed by atoms with Crippen molar-refractivity contribution in [3.05, 3.63) is 85.1 Å². The lowest BCUT2D eigenvalue weighted by atomic mass is 10.0. The van der Waals surface area contributed by atoms with E-state index in [1.165, 1.54) is 218 Å². The van der Waals surface area contributed by atoms with Crippen molar-refractivity contribution in [2.45, 2.75) is 374 Å². The van der Waals surface area contributed by atoms with E-state index in [2.05, 4.69) is 106 Å². The average Bonchev–Trinajstić information content (AvgIpc) is 3.50. The van der Waals surface area contributed by atoms with Gasteiger partial charge in [-0.15, -0.1) is 0 Å². The molecule has 0 saturated heterocycles. The zero-order chi connectivity index (χ0) is 59.9. The maximum atomic E-state index is 13.0. The normalized spacial score (nSPS) is 12.6. The summed E-state index contributed by atoms with van der Waals surface area (Å²) in [5.74, 6) is -0.872. The molecule has 1 atom stereocenters. The summed E-state index contributed by atoms with van der Waals surface area (Å²) in [5, 5.41) is 0. The van der Waals surface area contributed by atoms with E-state index in [4.69, 9.17) is 14.2 Å². The van der Waals surface area contributed by atoms with E-state index in [9.17, 15) is 14.4 Å². The first-order valence-corrected chi connectivity index (χ1v) is 36.1. The molecule has 0 fully saturated rings. The second-order valence-corrected chi connectivity index (χ2v) is 24.1. The molecule has 0 rings (SSSR count). The molecule has 0 saturated carbocycles. The molecule has 1 unspecified atom stereocenters. The highest BCUT2D eigenvalue weighted by Gasteiger charge is 2.19. The van der Waals surface area contributed by atoms with Gasteiger partial charge in [-0.3, -0.25) is 14.4 Å². The molecule has 6 nitrogen and oxygen atoms in total. The maximum absolute atomic E-state index is 13.0. The van der Waals surface area contributed by atoms with Crippen molar-refractivity contribution in [2.24, 2.45) is 0 Å². The van der Waals surface area contributed by atoms with E-state index in [1.54, 1.807) is 0 Å². The molecule has 0 radical (unpaired) electrons. The maximum Gasteiger partial charge on any atom is 0.306 e. The van der Waals surface area contributed by atoms with Crippen molar-refractivity contribution >= 4 is 17.9 Å². The molecule has 83 heavy (non-hydrogen) atoms. The molecule has 0 aliphatic rings. The summed E-state index contributed by atoms with van der Waals surface area (Å²) in [7, 11) is 0. The van der Waals surface area contributed by atoms with Crippen LogP contribution in [-0.2, 0) is 28.6 Å². The number of rotatable bonds is 66. The van der Waals surface area contributed by atoms with E-state index in [0.29, 0.717) is 19.3 Å². The Hall–Kier alpha value is -3.41. The van der Waals surface area contributed by atoms with Crippen molar-refractivity contribution in [1.82, 2.24) is 0 Å². The summed E-state index contributed by atoms with van der Waals surface area (Å²) in [4.78, 5) is 38.5. The van der Waals surface area contributed by atoms with Gasteiger partial charge in [-0.05, 0) is 96.3 Å². The summed E-state index contributed by atoms with van der Waals surface area (Å²) < 4.78 is 17.0. The Morgan fingerprint density at radius 2 is 0.470 bits per heavy atom. The van der Waals surface area contributed by atoms with Gasteiger partial charge in [0, 0.05) is 19.3 Å². The number of ether oxygens (including phenoxy) is 3. The van der Waals surface area contributed by atoms with Crippen LogP contribution < -0.4 is 0 Å². The first-order chi connectivity index (χ1) is 41.0. The van der Waals surface area contributed by atoms with Crippen LogP contribution in [0.25, 0.3) is 0 Å². The van der Waals surface area contributed by atoms with Crippen LogP contribution in [-0.4, -0.2) is 37.2 Å². The van der Waals surface area contributed by atoms with Crippen LogP contribution in [0.15, 0.2) is 85.1 Å². The first kappa shape index (κ1) is 79.6. The predicted octanol–water partition coefficient (Wildman–Crippen LogP) is 25.0. The number of unbranched alkanes of at least 4 members (excludes halogenated alkanes) is 41. The van der Waals surface area contributed by atoms with Gasteiger partial charge in [0.05, 0.1) is 0 Å². The molecule has 0 aromatic carbocycles. The van der Waals surface area contributed by atoms with E-state index in [-0.39, 0.29) is 31.1 Å². The molecule has 0 aliphatic heterocycles. The van der Waals surface area contributed by atoms with Gasteiger partial charge in [-0.2, -0.15) is 0 Å². The molecule has 6 heteroatoms. The smallest absolute Gasteiger partial charge is 0.306 e. The van der Waals surface area contributed by atoms with E-state index < -0.39 is 6.10 Å². The fraction of sp³-hybridized carbons (Fsp3) is 0.779. The second kappa shape index (κ2) is 71.1. The first-order valence-electron chi connectivity index (χ1n) is 36.1. The summed E-state index contributed by atoms with van der Waals surface area (Å²) in [6, 6.07) is 0. The van der Waals surface area contributed by atoms with Crippen molar-refractivity contribution in [3.63, 3.8) is 0 Å². The summed E-state index contributed by atoms with van der Waals surface area (Å²) in [6.07, 6.45) is 94.7. The average molecular weight is 1160 g/mol. The lowest BCUT2D eigenvalue weighted by molar-refractivity contribution is -0.167. The van der Waals surface area contributed by atoms with Gasteiger partial charge < -0.3 is 14.2 Å².